The van der Waals surface area contributed by atoms with Crippen molar-refractivity contribution in [2.45, 2.75) is 6.92 Å². The predicted molar refractivity (Wildman–Crippen MR) is 92.2 cm³/mol. The number of benzene rings is 2. The Bertz CT molecular complexity index is 810. The van der Waals surface area contributed by atoms with Crippen molar-refractivity contribution in [3.05, 3.63) is 54.3 Å². The lowest BCUT2D eigenvalue weighted by atomic mass is 10.2. The molecule has 2 aromatic carbocycles. The van der Waals surface area contributed by atoms with E-state index in [-0.39, 0.29) is 11.7 Å². The molecule has 2 N–H and O–H groups in total. The maximum Gasteiger partial charge on any atom is 0.344 e. The largest absolute Gasteiger partial charge is 0.479 e. The third-order valence-electron chi connectivity index (χ3n) is 3.01. The second-order valence-electron chi connectivity index (χ2n) is 5.19. The molecule has 0 saturated carbocycles. The van der Waals surface area contributed by atoms with E-state index < -0.39 is 30.9 Å². The van der Waals surface area contributed by atoms with Crippen molar-refractivity contribution in [3.8, 4) is 5.75 Å². The molecule has 0 fully saturated rings. The van der Waals surface area contributed by atoms with Gasteiger partial charge in [-0.1, -0.05) is 18.2 Å². The summed E-state index contributed by atoms with van der Waals surface area (Å²) < 4.78 is 23.1. The molecule has 8 heteroatoms. The van der Waals surface area contributed by atoms with E-state index in [0.717, 1.165) is 0 Å². The first-order valence-electron chi connectivity index (χ1n) is 7.64. The normalized spacial score (nSPS) is 9.92. The number of esters is 1. The Hall–Kier alpha value is -3.42. The minimum Gasteiger partial charge on any atom is -0.479 e. The zero-order valence-corrected chi connectivity index (χ0v) is 14.0. The summed E-state index contributed by atoms with van der Waals surface area (Å²) in [5.41, 5.74) is 0.950. The molecule has 0 unspecified atom stereocenters. The van der Waals surface area contributed by atoms with Crippen LogP contribution in [0.25, 0.3) is 0 Å². The molecule has 136 valence electrons. The third kappa shape index (κ3) is 6.23. The standard InChI is InChI=1S/C18H17FN2O5/c1-12(22)20-13-5-4-6-14(9-13)21-17(23)10-26-18(24)11-25-16-8-3-2-7-15(16)19/h2-9H,10-11H2,1H3,(H,20,22)(H,21,23). The number of nitrogens with one attached hydrogen (secondary N) is 2. The van der Waals surface area contributed by atoms with Gasteiger partial charge in [0.2, 0.25) is 5.91 Å². The van der Waals surface area contributed by atoms with E-state index in [1.807, 2.05) is 0 Å². The highest BCUT2D eigenvalue weighted by atomic mass is 19.1. The number of hydrogen-bond donors (Lipinski definition) is 2. The fourth-order valence-corrected chi connectivity index (χ4v) is 1.96. The molecule has 0 aliphatic heterocycles. The number of hydrogen-bond acceptors (Lipinski definition) is 5. The molecule has 0 aliphatic rings. The molecule has 2 rings (SSSR count). The van der Waals surface area contributed by atoms with Gasteiger partial charge in [-0.3, -0.25) is 9.59 Å². The summed E-state index contributed by atoms with van der Waals surface area (Å²) in [6, 6.07) is 12.1. The van der Waals surface area contributed by atoms with Gasteiger partial charge in [0.1, 0.15) is 0 Å². The summed E-state index contributed by atoms with van der Waals surface area (Å²) in [6.07, 6.45) is 0. The second kappa shape index (κ2) is 9.16. The third-order valence-corrected chi connectivity index (χ3v) is 3.01. The topological polar surface area (TPSA) is 93.7 Å². The van der Waals surface area contributed by atoms with Crippen LogP contribution in [0.5, 0.6) is 5.75 Å². The van der Waals surface area contributed by atoms with Crippen LogP contribution in [-0.4, -0.2) is 31.0 Å². The quantitative estimate of drug-likeness (QED) is 0.739. The first-order chi connectivity index (χ1) is 12.4. The molecule has 0 bridgehead atoms. The molecule has 0 saturated heterocycles. The Kier molecular flexibility index (Phi) is 6.67. The summed E-state index contributed by atoms with van der Waals surface area (Å²) in [6.45, 7) is 0.324. The van der Waals surface area contributed by atoms with Gasteiger partial charge in [-0.15, -0.1) is 0 Å². The number of rotatable bonds is 7. The zero-order chi connectivity index (χ0) is 18.9. The zero-order valence-electron chi connectivity index (χ0n) is 14.0. The van der Waals surface area contributed by atoms with Gasteiger partial charge in [-0.05, 0) is 30.3 Å². The first kappa shape index (κ1) is 18.9. The second-order valence-corrected chi connectivity index (χ2v) is 5.19. The fraction of sp³-hybridized carbons (Fsp3) is 0.167. The van der Waals surface area contributed by atoms with Gasteiger partial charge >= 0.3 is 5.97 Å². The fourth-order valence-electron chi connectivity index (χ4n) is 1.96. The van der Waals surface area contributed by atoms with Crippen LogP contribution < -0.4 is 15.4 Å². The minimum atomic E-state index is -0.810. The molecule has 7 nitrogen and oxygen atoms in total. The molecular weight excluding hydrogens is 343 g/mol. The van der Waals surface area contributed by atoms with Crippen LogP contribution in [0.2, 0.25) is 0 Å². The lowest BCUT2D eigenvalue weighted by Gasteiger charge is -2.09. The van der Waals surface area contributed by atoms with Crippen molar-refractivity contribution >= 4 is 29.2 Å². The van der Waals surface area contributed by atoms with E-state index in [1.165, 1.54) is 25.1 Å². The number of ether oxygens (including phenoxy) is 2. The van der Waals surface area contributed by atoms with Crippen molar-refractivity contribution in [3.63, 3.8) is 0 Å². The molecule has 0 heterocycles. The van der Waals surface area contributed by atoms with Crippen LogP contribution in [0.1, 0.15) is 6.92 Å². The highest BCUT2D eigenvalue weighted by Crippen LogP contribution is 2.16. The van der Waals surface area contributed by atoms with Crippen LogP contribution in [0.15, 0.2) is 48.5 Å². The number of para-hydroxylation sites is 1. The number of halogens is 1. The summed E-state index contributed by atoms with van der Waals surface area (Å²) in [5, 5.41) is 5.11. The smallest absolute Gasteiger partial charge is 0.344 e. The molecule has 0 atom stereocenters. The van der Waals surface area contributed by atoms with Crippen LogP contribution >= 0.6 is 0 Å². The Labute approximate surface area is 149 Å². The summed E-state index contributed by atoms with van der Waals surface area (Å²) >= 11 is 0. The van der Waals surface area contributed by atoms with Crippen LogP contribution in [0.3, 0.4) is 0 Å². The molecule has 26 heavy (non-hydrogen) atoms. The summed E-state index contributed by atoms with van der Waals surface area (Å²) in [5.74, 6) is -2.29. The molecule has 0 aliphatic carbocycles. The molecule has 0 radical (unpaired) electrons. The van der Waals surface area contributed by atoms with Gasteiger partial charge in [0.05, 0.1) is 0 Å². The van der Waals surface area contributed by atoms with Gasteiger partial charge in [-0.2, -0.15) is 0 Å². The summed E-state index contributed by atoms with van der Waals surface area (Å²) in [7, 11) is 0. The maximum atomic E-state index is 13.3. The SMILES string of the molecule is CC(=O)Nc1cccc(NC(=O)COC(=O)COc2ccccc2F)c1. The Morgan fingerprint density at radius 1 is 0.962 bits per heavy atom. The molecule has 2 aromatic rings. The number of anilines is 2. The van der Waals surface area contributed by atoms with Crippen molar-refractivity contribution in [2.75, 3.05) is 23.8 Å². The molecule has 2 amide bonds. The summed E-state index contributed by atoms with van der Waals surface area (Å²) in [4.78, 5) is 34.4. The van der Waals surface area contributed by atoms with E-state index in [2.05, 4.69) is 10.6 Å². The van der Waals surface area contributed by atoms with Gasteiger partial charge in [-0.25, -0.2) is 9.18 Å². The molecule has 0 aromatic heterocycles. The number of amides is 2. The number of carbonyl (C=O) groups is 3. The van der Waals surface area contributed by atoms with Crippen molar-refractivity contribution in [1.82, 2.24) is 0 Å². The van der Waals surface area contributed by atoms with E-state index in [0.29, 0.717) is 11.4 Å². The monoisotopic (exact) mass is 360 g/mol. The van der Waals surface area contributed by atoms with E-state index in [9.17, 15) is 18.8 Å². The van der Waals surface area contributed by atoms with E-state index in [1.54, 1.807) is 30.3 Å². The van der Waals surface area contributed by atoms with Crippen molar-refractivity contribution in [1.29, 1.82) is 0 Å². The highest BCUT2D eigenvalue weighted by Gasteiger charge is 2.10. The predicted octanol–water partition coefficient (Wildman–Crippen LogP) is 2.34. The van der Waals surface area contributed by atoms with Crippen molar-refractivity contribution in [2.24, 2.45) is 0 Å². The Balaban J connectivity index is 1.77. The lowest BCUT2D eigenvalue weighted by molar-refractivity contribution is -0.149. The van der Waals surface area contributed by atoms with Crippen molar-refractivity contribution < 1.29 is 28.2 Å². The van der Waals surface area contributed by atoms with Crippen LogP contribution in [0.4, 0.5) is 15.8 Å². The average Bonchev–Trinajstić information content (AvgIpc) is 2.59. The maximum absolute atomic E-state index is 13.3. The van der Waals surface area contributed by atoms with Gasteiger partial charge in [0, 0.05) is 18.3 Å². The highest BCUT2D eigenvalue weighted by molar-refractivity contribution is 5.94. The average molecular weight is 360 g/mol. The van der Waals surface area contributed by atoms with Crippen LogP contribution in [-0.2, 0) is 19.1 Å². The number of carbonyl (C=O) groups excluding carboxylic acids is 3. The van der Waals surface area contributed by atoms with E-state index in [4.69, 9.17) is 9.47 Å². The van der Waals surface area contributed by atoms with E-state index >= 15 is 0 Å². The van der Waals surface area contributed by atoms with Gasteiger partial charge in [0.25, 0.3) is 5.91 Å². The lowest BCUT2D eigenvalue weighted by Crippen LogP contribution is -2.23. The Morgan fingerprint density at radius 2 is 1.65 bits per heavy atom. The first-order valence-corrected chi connectivity index (χ1v) is 7.64. The van der Waals surface area contributed by atoms with Gasteiger partial charge < -0.3 is 20.1 Å². The molecule has 0 spiro atoms. The van der Waals surface area contributed by atoms with Gasteiger partial charge in [0.15, 0.2) is 24.8 Å². The minimum absolute atomic E-state index is 0.0799. The Morgan fingerprint density at radius 3 is 2.35 bits per heavy atom. The van der Waals surface area contributed by atoms with Crippen LogP contribution in [0, 0.1) is 5.82 Å². The molecular formula is C18H17FN2O5.